The maximum absolute atomic E-state index is 4.22. The molecule has 0 saturated heterocycles. The lowest BCUT2D eigenvalue weighted by atomic mass is 10.1. The lowest BCUT2D eigenvalue weighted by molar-refractivity contribution is 0.588. The molecule has 2 rings (SSSR count). The molecule has 0 spiro atoms. The van der Waals surface area contributed by atoms with E-state index in [0.29, 0.717) is 6.04 Å². The second kappa shape index (κ2) is 6.57. The first kappa shape index (κ1) is 14.6. The molecule has 4 heteroatoms. The van der Waals surface area contributed by atoms with Gasteiger partial charge in [0.05, 0.1) is 6.20 Å². The molecule has 0 aliphatic heterocycles. The summed E-state index contributed by atoms with van der Waals surface area (Å²) in [5.74, 6) is 0. The number of nitrogens with one attached hydrogen (secondary N) is 1. The standard InChI is InChI=1S/C16H24N4/c1-13(2)17-10-15-7-5-6-8-16(15)19(3)11-14-9-18-20(4)12-14/h5-9,12-13,17H,10-11H2,1-4H3. The zero-order valence-electron chi connectivity index (χ0n) is 12.8. The van der Waals surface area contributed by atoms with E-state index in [1.54, 1.807) is 0 Å². The molecule has 4 nitrogen and oxygen atoms in total. The number of rotatable bonds is 6. The van der Waals surface area contributed by atoms with Gasteiger partial charge in [-0.15, -0.1) is 0 Å². The van der Waals surface area contributed by atoms with Gasteiger partial charge in [-0.2, -0.15) is 5.10 Å². The zero-order valence-corrected chi connectivity index (χ0v) is 12.8. The highest BCUT2D eigenvalue weighted by atomic mass is 15.2. The molecule has 20 heavy (non-hydrogen) atoms. The lowest BCUT2D eigenvalue weighted by Crippen LogP contribution is -2.24. The van der Waals surface area contributed by atoms with Crippen LogP contribution < -0.4 is 10.2 Å². The smallest absolute Gasteiger partial charge is 0.0539 e. The Hall–Kier alpha value is -1.81. The first-order valence-electron chi connectivity index (χ1n) is 7.06. The minimum Gasteiger partial charge on any atom is -0.370 e. The topological polar surface area (TPSA) is 33.1 Å². The van der Waals surface area contributed by atoms with Gasteiger partial charge in [0.2, 0.25) is 0 Å². The van der Waals surface area contributed by atoms with Gasteiger partial charge in [0.15, 0.2) is 0 Å². The average Bonchev–Trinajstić information content (AvgIpc) is 2.82. The van der Waals surface area contributed by atoms with Crippen molar-refractivity contribution < 1.29 is 0 Å². The predicted octanol–water partition coefficient (Wildman–Crippen LogP) is 2.55. The Bertz CT molecular complexity index is 545. The molecule has 1 aromatic heterocycles. The van der Waals surface area contributed by atoms with Crippen molar-refractivity contribution in [3.63, 3.8) is 0 Å². The van der Waals surface area contributed by atoms with Gasteiger partial charge in [0, 0.05) is 50.7 Å². The summed E-state index contributed by atoms with van der Waals surface area (Å²) >= 11 is 0. The number of aromatic nitrogens is 2. The van der Waals surface area contributed by atoms with Gasteiger partial charge < -0.3 is 10.2 Å². The number of hydrogen-bond donors (Lipinski definition) is 1. The summed E-state index contributed by atoms with van der Waals surface area (Å²) in [6.07, 6.45) is 3.98. The number of para-hydroxylation sites is 1. The van der Waals surface area contributed by atoms with Crippen LogP contribution in [0.3, 0.4) is 0 Å². The Balaban J connectivity index is 2.10. The van der Waals surface area contributed by atoms with E-state index in [4.69, 9.17) is 0 Å². The van der Waals surface area contributed by atoms with E-state index in [2.05, 4.69) is 66.7 Å². The van der Waals surface area contributed by atoms with Crippen LogP contribution in [0, 0.1) is 0 Å². The van der Waals surface area contributed by atoms with E-state index >= 15 is 0 Å². The highest BCUT2D eigenvalue weighted by Gasteiger charge is 2.08. The van der Waals surface area contributed by atoms with Crippen LogP contribution in [0.25, 0.3) is 0 Å². The fourth-order valence-corrected chi connectivity index (χ4v) is 2.26. The largest absolute Gasteiger partial charge is 0.370 e. The lowest BCUT2D eigenvalue weighted by Gasteiger charge is -2.22. The average molecular weight is 272 g/mol. The number of anilines is 1. The summed E-state index contributed by atoms with van der Waals surface area (Å²) < 4.78 is 1.84. The third-order valence-corrected chi connectivity index (χ3v) is 3.28. The number of aryl methyl sites for hydroxylation is 1. The van der Waals surface area contributed by atoms with Crippen LogP contribution in [0.2, 0.25) is 0 Å². The van der Waals surface area contributed by atoms with Crippen molar-refractivity contribution in [2.24, 2.45) is 7.05 Å². The second-order valence-electron chi connectivity index (χ2n) is 5.54. The van der Waals surface area contributed by atoms with Crippen molar-refractivity contribution in [1.82, 2.24) is 15.1 Å². The molecule has 0 fully saturated rings. The number of hydrogen-bond acceptors (Lipinski definition) is 3. The molecule has 0 atom stereocenters. The minimum absolute atomic E-state index is 0.492. The molecule has 0 bridgehead atoms. The van der Waals surface area contributed by atoms with Gasteiger partial charge in [-0.3, -0.25) is 4.68 Å². The maximum atomic E-state index is 4.22. The Kier molecular flexibility index (Phi) is 4.79. The summed E-state index contributed by atoms with van der Waals surface area (Å²) in [4.78, 5) is 2.27. The van der Waals surface area contributed by atoms with Crippen LogP contribution in [0.5, 0.6) is 0 Å². The summed E-state index contributed by atoms with van der Waals surface area (Å²) in [6, 6.07) is 9.04. The monoisotopic (exact) mass is 272 g/mol. The third kappa shape index (κ3) is 3.84. The molecule has 108 valence electrons. The number of nitrogens with zero attached hydrogens (tertiary/aromatic N) is 3. The van der Waals surface area contributed by atoms with Gasteiger partial charge >= 0.3 is 0 Å². The van der Waals surface area contributed by atoms with Crippen molar-refractivity contribution in [3.8, 4) is 0 Å². The fraction of sp³-hybridized carbons (Fsp3) is 0.438. The molecule has 0 aliphatic rings. The summed E-state index contributed by atoms with van der Waals surface area (Å²) in [7, 11) is 4.07. The van der Waals surface area contributed by atoms with Crippen LogP contribution in [0.4, 0.5) is 5.69 Å². The van der Waals surface area contributed by atoms with Crippen LogP contribution in [0.15, 0.2) is 36.7 Å². The molecule has 1 aromatic carbocycles. The van der Waals surface area contributed by atoms with Crippen LogP contribution in [0.1, 0.15) is 25.0 Å². The van der Waals surface area contributed by atoms with Crippen LogP contribution in [-0.2, 0) is 20.1 Å². The highest BCUT2D eigenvalue weighted by Crippen LogP contribution is 2.21. The fourth-order valence-electron chi connectivity index (χ4n) is 2.26. The summed E-state index contributed by atoms with van der Waals surface area (Å²) in [5.41, 5.74) is 3.82. The van der Waals surface area contributed by atoms with Crippen molar-refractivity contribution >= 4 is 5.69 Å². The van der Waals surface area contributed by atoms with E-state index in [1.807, 2.05) is 17.9 Å². The molecule has 2 aromatic rings. The van der Waals surface area contributed by atoms with E-state index in [-0.39, 0.29) is 0 Å². The molecular weight excluding hydrogens is 248 g/mol. The molecular formula is C16H24N4. The number of benzene rings is 1. The van der Waals surface area contributed by atoms with Gasteiger partial charge in [-0.1, -0.05) is 32.0 Å². The molecule has 0 saturated carbocycles. The zero-order chi connectivity index (χ0) is 14.5. The maximum Gasteiger partial charge on any atom is 0.0539 e. The molecule has 1 N–H and O–H groups in total. The van der Waals surface area contributed by atoms with Crippen LogP contribution >= 0.6 is 0 Å². The summed E-state index contributed by atoms with van der Waals surface area (Å²) in [6.45, 7) is 6.10. The first-order chi connectivity index (χ1) is 9.56. The van der Waals surface area contributed by atoms with Crippen LogP contribution in [-0.4, -0.2) is 22.9 Å². The van der Waals surface area contributed by atoms with E-state index in [1.165, 1.54) is 16.8 Å². The highest BCUT2D eigenvalue weighted by molar-refractivity contribution is 5.53. The molecule has 0 unspecified atom stereocenters. The van der Waals surface area contributed by atoms with Gasteiger partial charge in [-0.05, 0) is 11.6 Å². The third-order valence-electron chi connectivity index (χ3n) is 3.28. The molecule has 1 heterocycles. The Morgan fingerprint density at radius 2 is 2.05 bits per heavy atom. The van der Waals surface area contributed by atoms with E-state index in [0.717, 1.165) is 13.1 Å². The quantitative estimate of drug-likeness (QED) is 0.877. The Morgan fingerprint density at radius 3 is 2.70 bits per heavy atom. The van der Waals surface area contributed by atoms with Gasteiger partial charge in [0.1, 0.15) is 0 Å². The Labute approximate surface area is 121 Å². The van der Waals surface area contributed by atoms with E-state index < -0.39 is 0 Å². The molecule has 0 aliphatic carbocycles. The Morgan fingerprint density at radius 1 is 1.30 bits per heavy atom. The van der Waals surface area contributed by atoms with Gasteiger partial charge in [-0.25, -0.2) is 0 Å². The normalized spacial score (nSPS) is 11.1. The van der Waals surface area contributed by atoms with Gasteiger partial charge in [0.25, 0.3) is 0 Å². The first-order valence-corrected chi connectivity index (χ1v) is 7.06. The minimum atomic E-state index is 0.492. The van der Waals surface area contributed by atoms with Crippen molar-refractivity contribution in [1.29, 1.82) is 0 Å². The second-order valence-corrected chi connectivity index (χ2v) is 5.54. The predicted molar refractivity (Wildman–Crippen MR) is 83.7 cm³/mol. The SMILES string of the molecule is CC(C)NCc1ccccc1N(C)Cc1cnn(C)c1. The summed E-state index contributed by atoms with van der Waals surface area (Å²) in [5, 5.41) is 7.70. The van der Waals surface area contributed by atoms with Crippen molar-refractivity contribution in [2.45, 2.75) is 33.0 Å². The van der Waals surface area contributed by atoms with Crippen molar-refractivity contribution in [2.75, 3.05) is 11.9 Å². The van der Waals surface area contributed by atoms with Crippen molar-refractivity contribution in [3.05, 3.63) is 47.8 Å². The molecule has 0 radical (unpaired) electrons. The van der Waals surface area contributed by atoms with E-state index in [9.17, 15) is 0 Å². The molecule has 0 amide bonds.